The molecule has 0 amide bonds. The molecule has 0 saturated carbocycles. The topological polar surface area (TPSA) is 53.2 Å². The monoisotopic (exact) mass is 426 g/mol. The molecule has 2 aromatic carbocycles. The first-order valence-corrected chi connectivity index (χ1v) is 10.6. The molecule has 31 heavy (non-hydrogen) atoms. The highest BCUT2D eigenvalue weighted by molar-refractivity contribution is 7.80. The van der Waals surface area contributed by atoms with Gasteiger partial charge in [0.15, 0.2) is 5.11 Å². The lowest BCUT2D eigenvalue weighted by molar-refractivity contribution is 0.482. The van der Waals surface area contributed by atoms with Crippen LogP contribution in [0.25, 0.3) is 0 Å². The Kier molecular flexibility index (Phi) is 5.14. The molecule has 1 aliphatic heterocycles. The van der Waals surface area contributed by atoms with E-state index < -0.39 is 0 Å². The Morgan fingerprint density at radius 3 is 2.29 bits per heavy atom. The van der Waals surface area contributed by atoms with Crippen LogP contribution in [0, 0.1) is 6.92 Å². The first kappa shape index (κ1) is 19.3. The van der Waals surface area contributed by atoms with Crippen molar-refractivity contribution in [2.24, 2.45) is 0 Å². The number of benzene rings is 2. The van der Waals surface area contributed by atoms with Gasteiger partial charge >= 0.3 is 0 Å². The van der Waals surface area contributed by atoms with Gasteiger partial charge in [-0.1, -0.05) is 24.3 Å². The number of hydrogen-bond acceptors (Lipinski definition) is 3. The van der Waals surface area contributed by atoms with E-state index in [1.54, 1.807) is 0 Å². The predicted octanol–water partition coefficient (Wildman–Crippen LogP) is 5.69. The van der Waals surface area contributed by atoms with E-state index in [2.05, 4.69) is 39.2 Å². The molecule has 2 aromatic heterocycles. The third-order valence-electron chi connectivity index (χ3n) is 5.36. The summed E-state index contributed by atoms with van der Waals surface area (Å²) in [5, 5.41) is 4.15. The van der Waals surface area contributed by atoms with Gasteiger partial charge in [0.25, 0.3) is 0 Å². The average Bonchev–Trinajstić information content (AvgIpc) is 3.38. The Labute approximate surface area is 186 Å². The average molecular weight is 427 g/mol. The second kappa shape index (κ2) is 8.24. The molecule has 2 N–H and O–H groups in total. The van der Waals surface area contributed by atoms with Crippen LogP contribution >= 0.6 is 12.2 Å². The summed E-state index contributed by atoms with van der Waals surface area (Å²) in [6, 6.07) is 27.8. The Morgan fingerprint density at radius 2 is 1.61 bits per heavy atom. The van der Waals surface area contributed by atoms with Crippen LogP contribution in [-0.4, -0.2) is 15.1 Å². The smallest absolute Gasteiger partial charge is 0.174 e. The molecule has 5 rings (SSSR count). The summed E-state index contributed by atoms with van der Waals surface area (Å²) < 4.78 is 5.94. The van der Waals surface area contributed by atoms with Gasteiger partial charge in [-0.05, 0) is 79.8 Å². The van der Waals surface area contributed by atoms with Crippen LogP contribution in [0.4, 0.5) is 5.69 Å². The fourth-order valence-electron chi connectivity index (χ4n) is 3.95. The van der Waals surface area contributed by atoms with E-state index in [1.807, 2.05) is 79.0 Å². The highest BCUT2D eigenvalue weighted by Gasteiger charge is 2.41. The Balaban J connectivity index is 1.48. The van der Waals surface area contributed by atoms with Gasteiger partial charge in [-0.15, -0.1) is 0 Å². The minimum absolute atomic E-state index is 0.0445. The van der Waals surface area contributed by atoms with Crippen LogP contribution in [-0.2, 0) is 0 Å². The minimum Gasteiger partial charge on any atom is -0.457 e. The van der Waals surface area contributed by atoms with Crippen molar-refractivity contribution in [2.45, 2.75) is 19.0 Å². The van der Waals surface area contributed by atoms with E-state index in [0.29, 0.717) is 5.11 Å². The zero-order valence-electron chi connectivity index (χ0n) is 17.0. The van der Waals surface area contributed by atoms with Crippen molar-refractivity contribution in [3.63, 3.8) is 0 Å². The summed E-state index contributed by atoms with van der Waals surface area (Å²) in [5.74, 6) is 1.59. The number of para-hydroxylation sites is 1. The first-order chi connectivity index (χ1) is 15.2. The number of aryl methyl sites for hydroxylation is 1. The number of ether oxygens (including phenoxy) is 1. The number of anilines is 1. The lowest BCUT2D eigenvalue weighted by atomic mass is 10.0. The number of hydrogen-bond donors (Lipinski definition) is 2. The van der Waals surface area contributed by atoms with Crippen LogP contribution in [0.5, 0.6) is 11.5 Å². The van der Waals surface area contributed by atoms with Gasteiger partial charge in [0, 0.05) is 23.3 Å². The summed E-state index contributed by atoms with van der Waals surface area (Å²) in [7, 11) is 0. The molecule has 6 heteroatoms. The number of thiocarbonyl (C=S) groups is 1. The summed E-state index contributed by atoms with van der Waals surface area (Å²) in [5.41, 5.74) is 4.14. The van der Waals surface area contributed by atoms with Crippen molar-refractivity contribution in [1.82, 2.24) is 15.3 Å². The number of rotatable bonds is 5. The van der Waals surface area contributed by atoms with E-state index in [1.165, 1.54) is 0 Å². The van der Waals surface area contributed by atoms with Gasteiger partial charge in [-0.3, -0.25) is 4.98 Å². The normalized spacial score (nSPS) is 18.1. The number of aromatic nitrogens is 2. The molecule has 1 aliphatic rings. The lowest BCUT2D eigenvalue weighted by Crippen LogP contribution is -2.29. The lowest BCUT2D eigenvalue weighted by Gasteiger charge is -2.27. The maximum atomic E-state index is 5.94. The Bertz CT molecular complexity index is 1180. The van der Waals surface area contributed by atoms with E-state index in [4.69, 9.17) is 17.0 Å². The molecule has 0 radical (unpaired) electrons. The number of H-pyrrole nitrogens is 1. The molecular formula is C25H22N4OS. The van der Waals surface area contributed by atoms with Crippen LogP contribution in [0.2, 0.25) is 0 Å². The number of pyridine rings is 1. The molecule has 0 aliphatic carbocycles. The van der Waals surface area contributed by atoms with Crippen LogP contribution in [0.15, 0.2) is 91.1 Å². The van der Waals surface area contributed by atoms with Crippen LogP contribution < -0.4 is 15.0 Å². The minimum atomic E-state index is -0.0630. The van der Waals surface area contributed by atoms with Gasteiger partial charge in [-0.2, -0.15) is 0 Å². The number of aromatic amines is 1. The third kappa shape index (κ3) is 3.90. The fourth-order valence-corrected chi connectivity index (χ4v) is 4.29. The standard InChI is InChI=1S/C25H22N4OS/c1-17-10-15-22(27-17)24-23(21-9-5-6-16-26-21)28-25(31)29(24)18-11-13-20(14-12-18)30-19-7-3-2-4-8-19/h2-16,23-24,27H,1H3,(H,28,31)/t23-,24+/m1/s1. The fraction of sp³-hybridized carbons (Fsp3) is 0.120. The van der Waals surface area contributed by atoms with E-state index >= 15 is 0 Å². The Morgan fingerprint density at radius 1 is 0.871 bits per heavy atom. The summed E-state index contributed by atoms with van der Waals surface area (Å²) >= 11 is 5.76. The van der Waals surface area contributed by atoms with Gasteiger partial charge in [-0.25, -0.2) is 0 Å². The first-order valence-electron chi connectivity index (χ1n) is 10.2. The van der Waals surface area contributed by atoms with Gasteiger partial charge < -0.3 is 19.9 Å². The third-order valence-corrected chi connectivity index (χ3v) is 5.68. The molecule has 0 spiro atoms. The highest BCUT2D eigenvalue weighted by atomic mass is 32.1. The molecule has 154 valence electrons. The maximum Gasteiger partial charge on any atom is 0.174 e. The molecule has 2 atom stereocenters. The van der Waals surface area contributed by atoms with Crippen molar-refractivity contribution in [3.8, 4) is 11.5 Å². The van der Waals surface area contributed by atoms with E-state index in [0.717, 1.165) is 34.3 Å². The molecule has 0 bridgehead atoms. The number of nitrogens with zero attached hydrogens (tertiary/aromatic N) is 2. The van der Waals surface area contributed by atoms with E-state index in [9.17, 15) is 0 Å². The SMILES string of the molecule is Cc1ccc([C@H]2[C@@H](c3ccccn3)NC(=S)N2c2ccc(Oc3ccccc3)cc2)[nH]1. The molecule has 1 saturated heterocycles. The number of nitrogens with one attached hydrogen (secondary N) is 2. The summed E-state index contributed by atoms with van der Waals surface area (Å²) in [4.78, 5) is 10.2. The molecule has 1 fully saturated rings. The molecule has 4 aromatic rings. The van der Waals surface area contributed by atoms with Crippen LogP contribution in [0.1, 0.15) is 29.2 Å². The second-order valence-electron chi connectivity index (χ2n) is 7.50. The van der Waals surface area contributed by atoms with E-state index in [-0.39, 0.29) is 12.1 Å². The molecule has 5 nitrogen and oxygen atoms in total. The second-order valence-corrected chi connectivity index (χ2v) is 7.89. The molecule has 3 heterocycles. The summed E-state index contributed by atoms with van der Waals surface area (Å²) in [6.45, 7) is 2.06. The quantitative estimate of drug-likeness (QED) is 0.402. The van der Waals surface area contributed by atoms with Gasteiger partial charge in [0.1, 0.15) is 17.5 Å². The maximum absolute atomic E-state index is 5.94. The zero-order valence-corrected chi connectivity index (χ0v) is 17.8. The zero-order chi connectivity index (χ0) is 21.2. The molecular weight excluding hydrogens is 404 g/mol. The van der Waals surface area contributed by atoms with Crippen molar-refractivity contribution in [3.05, 3.63) is 108 Å². The highest BCUT2D eigenvalue weighted by Crippen LogP contribution is 2.41. The van der Waals surface area contributed by atoms with Crippen molar-refractivity contribution in [2.75, 3.05) is 4.90 Å². The van der Waals surface area contributed by atoms with Crippen molar-refractivity contribution < 1.29 is 4.74 Å². The van der Waals surface area contributed by atoms with Crippen LogP contribution in [0.3, 0.4) is 0 Å². The van der Waals surface area contributed by atoms with Crippen molar-refractivity contribution >= 4 is 23.0 Å². The summed E-state index contributed by atoms with van der Waals surface area (Å²) in [6.07, 6.45) is 1.81. The van der Waals surface area contributed by atoms with Gasteiger partial charge in [0.2, 0.25) is 0 Å². The largest absolute Gasteiger partial charge is 0.457 e. The van der Waals surface area contributed by atoms with Crippen molar-refractivity contribution in [1.29, 1.82) is 0 Å². The molecule has 0 unspecified atom stereocenters. The van der Waals surface area contributed by atoms with Gasteiger partial charge in [0.05, 0.1) is 11.7 Å². The Hall–Kier alpha value is -3.64. The predicted molar refractivity (Wildman–Crippen MR) is 126 cm³/mol.